The van der Waals surface area contributed by atoms with Crippen LogP contribution in [0.3, 0.4) is 0 Å². The Kier molecular flexibility index (Phi) is 4.82. The van der Waals surface area contributed by atoms with E-state index in [9.17, 15) is 0 Å². The van der Waals surface area contributed by atoms with Crippen LogP contribution < -0.4 is 5.73 Å². The fourth-order valence-corrected chi connectivity index (χ4v) is 3.07. The third kappa shape index (κ3) is 3.48. The molecule has 0 amide bonds. The fourth-order valence-electron chi connectivity index (χ4n) is 1.73. The molecular weight excluding hydrogens is 322 g/mol. The Bertz CT molecular complexity index is 587. The molecule has 2 rings (SSSR count). The summed E-state index contributed by atoms with van der Waals surface area (Å²) >= 11 is 5.16. The molecule has 0 unspecified atom stereocenters. The normalized spacial score (nSPS) is 10.7. The van der Waals surface area contributed by atoms with Crippen molar-refractivity contribution in [2.45, 2.75) is 30.9 Å². The van der Waals surface area contributed by atoms with Gasteiger partial charge in [0.1, 0.15) is 11.6 Å². The minimum Gasteiger partial charge on any atom is -0.383 e. The zero-order valence-electron chi connectivity index (χ0n) is 11.0. The predicted molar refractivity (Wildman–Crippen MR) is 84.3 cm³/mol. The molecule has 0 saturated heterocycles. The van der Waals surface area contributed by atoms with Gasteiger partial charge in [0.15, 0.2) is 0 Å². The highest BCUT2D eigenvalue weighted by atomic mass is 79.9. The van der Waals surface area contributed by atoms with Crippen molar-refractivity contribution in [3.8, 4) is 0 Å². The third-order valence-corrected chi connectivity index (χ3v) is 4.81. The van der Waals surface area contributed by atoms with Crippen LogP contribution in [0.2, 0.25) is 0 Å². The van der Waals surface area contributed by atoms with E-state index in [2.05, 4.69) is 51.9 Å². The quantitative estimate of drug-likeness (QED) is 0.857. The topological polar surface area (TPSA) is 51.8 Å². The Morgan fingerprint density at radius 1 is 1.26 bits per heavy atom. The van der Waals surface area contributed by atoms with Gasteiger partial charge in [-0.1, -0.05) is 25.1 Å². The van der Waals surface area contributed by atoms with Gasteiger partial charge in [0.2, 0.25) is 0 Å². The molecule has 3 nitrogen and oxygen atoms in total. The molecular formula is C14H16BrN3S. The fraction of sp³-hybridized carbons (Fsp3) is 0.286. The van der Waals surface area contributed by atoms with Crippen molar-refractivity contribution in [3.05, 3.63) is 45.8 Å². The first-order chi connectivity index (χ1) is 9.11. The van der Waals surface area contributed by atoms with Crippen molar-refractivity contribution in [2.75, 3.05) is 5.73 Å². The molecule has 0 aliphatic carbocycles. The van der Waals surface area contributed by atoms with Crippen LogP contribution in [-0.2, 0) is 12.2 Å². The first kappa shape index (κ1) is 14.3. The van der Waals surface area contributed by atoms with Crippen molar-refractivity contribution in [1.29, 1.82) is 0 Å². The molecule has 0 fully saturated rings. The van der Waals surface area contributed by atoms with Crippen molar-refractivity contribution >= 4 is 33.5 Å². The number of aromatic nitrogens is 2. The number of hydrogen-bond donors (Lipinski definition) is 1. The van der Waals surface area contributed by atoms with E-state index in [-0.39, 0.29) is 0 Å². The lowest BCUT2D eigenvalue weighted by Gasteiger charge is -2.08. The maximum atomic E-state index is 5.89. The van der Waals surface area contributed by atoms with Crippen LogP contribution in [0.25, 0.3) is 0 Å². The van der Waals surface area contributed by atoms with E-state index in [1.54, 1.807) is 11.8 Å². The third-order valence-electron chi connectivity index (χ3n) is 2.78. The summed E-state index contributed by atoms with van der Waals surface area (Å²) in [4.78, 5) is 10.1. The molecule has 19 heavy (non-hydrogen) atoms. The average Bonchev–Trinajstić information content (AvgIpc) is 2.41. The number of anilines is 1. The van der Waals surface area contributed by atoms with Crippen molar-refractivity contribution in [3.63, 3.8) is 0 Å². The second kappa shape index (κ2) is 6.39. The molecule has 0 bridgehead atoms. The Hall–Kier alpha value is -1.07. The highest BCUT2D eigenvalue weighted by molar-refractivity contribution is 9.10. The monoisotopic (exact) mass is 337 g/mol. The summed E-state index contributed by atoms with van der Waals surface area (Å²) in [5, 5.41) is 0. The summed E-state index contributed by atoms with van der Waals surface area (Å²) in [6, 6.07) is 8.31. The van der Waals surface area contributed by atoms with Crippen LogP contribution in [0.1, 0.15) is 24.0 Å². The molecule has 2 aromatic rings. The zero-order valence-corrected chi connectivity index (χ0v) is 13.4. The summed E-state index contributed by atoms with van der Waals surface area (Å²) < 4.78 is 0.819. The highest BCUT2D eigenvalue weighted by Gasteiger charge is 2.09. The molecule has 0 radical (unpaired) electrons. The summed E-state index contributed by atoms with van der Waals surface area (Å²) in [6.45, 7) is 4.17. The molecule has 0 aliphatic heterocycles. The maximum absolute atomic E-state index is 5.89. The van der Waals surface area contributed by atoms with E-state index in [1.165, 1.54) is 10.5 Å². The number of rotatable bonds is 4. The van der Waals surface area contributed by atoms with E-state index < -0.39 is 0 Å². The Balaban J connectivity index is 2.16. The molecule has 100 valence electrons. The molecule has 1 aromatic carbocycles. The Morgan fingerprint density at radius 2 is 2.00 bits per heavy atom. The number of halogens is 1. The van der Waals surface area contributed by atoms with E-state index in [0.717, 1.165) is 28.2 Å². The largest absolute Gasteiger partial charge is 0.383 e. The number of nitrogen functional groups attached to an aromatic ring is 1. The summed E-state index contributed by atoms with van der Waals surface area (Å²) in [5.41, 5.74) is 8.13. The van der Waals surface area contributed by atoms with Crippen LogP contribution in [0.5, 0.6) is 0 Å². The molecule has 5 heteroatoms. The molecule has 1 heterocycles. The molecule has 0 spiro atoms. The lowest BCUT2D eigenvalue weighted by molar-refractivity contribution is 0.934. The van der Waals surface area contributed by atoms with E-state index in [0.29, 0.717) is 5.82 Å². The number of hydrogen-bond acceptors (Lipinski definition) is 4. The van der Waals surface area contributed by atoms with Gasteiger partial charge in [0.25, 0.3) is 0 Å². The van der Waals surface area contributed by atoms with Gasteiger partial charge in [-0.25, -0.2) is 9.97 Å². The van der Waals surface area contributed by atoms with Gasteiger partial charge in [-0.15, -0.1) is 11.8 Å². The van der Waals surface area contributed by atoms with E-state index in [1.807, 2.05) is 12.1 Å². The molecule has 2 N–H and O–H groups in total. The lowest BCUT2D eigenvalue weighted by Crippen LogP contribution is -2.04. The SMILES string of the molecule is CCc1nc(CSc2ccccc2C)nc(N)c1Br. The molecule has 0 aliphatic rings. The second-order valence-corrected chi connectivity index (χ2v) is 6.00. The Morgan fingerprint density at radius 3 is 2.68 bits per heavy atom. The summed E-state index contributed by atoms with van der Waals surface area (Å²) in [6.07, 6.45) is 0.843. The molecule has 0 atom stereocenters. The minimum atomic E-state index is 0.521. The Labute approximate surface area is 126 Å². The number of thioether (sulfide) groups is 1. The number of benzene rings is 1. The van der Waals surface area contributed by atoms with Gasteiger partial charge >= 0.3 is 0 Å². The van der Waals surface area contributed by atoms with Gasteiger partial charge in [0, 0.05) is 4.90 Å². The molecule has 0 saturated carbocycles. The van der Waals surface area contributed by atoms with Gasteiger partial charge in [-0.2, -0.15) is 0 Å². The molecule has 1 aromatic heterocycles. The van der Waals surface area contributed by atoms with Gasteiger partial charge in [-0.3, -0.25) is 0 Å². The van der Waals surface area contributed by atoms with E-state index in [4.69, 9.17) is 5.73 Å². The number of nitrogens with zero attached hydrogens (tertiary/aromatic N) is 2. The van der Waals surface area contributed by atoms with Crippen LogP contribution >= 0.6 is 27.7 Å². The summed E-state index contributed by atoms with van der Waals surface area (Å²) in [7, 11) is 0. The number of nitrogens with two attached hydrogens (primary N) is 1. The predicted octanol–water partition coefficient (Wildman–Crippen LogP) is 3.98. The van der Waals surface area contributed by atoms with Crippen molar-refractivity contribution in [2.24, 2.45) is 0 Å². The second-order valence-electron chi connectivity index (χ2n) is 4.19. The first-order valence-corrected chi connectivity index (χ1v) is 7.89. The number of aryl methyl sites for hydroxylation is 2. The lowest BCUT2D eigenvalue weighted by atomic mass is 10.2. The standard InChI is InChI=1S/C14H16BrN3S/c1-3-10-13(15)14(16)18-12(17-10)8-19-11-7-5-4-6-9(11)2/h4-7H,3,8H2,1-2H3,(H2,16,17,18). The first-order valence-electron chi connectivity index (χ1n) is 6.11. The van der Waals surface area contributed by atoms with Crippen LogP contribution in [-0.4, -0.2) is 9.97 Å². The van der Waals surface area contributed by atoms with Crippen molar-refractivity contribution < 1.29 is 0 Å². The van der Waals surface area contributed by atoms with Crippen LogP contribution in [0, 0.1) is 6.92 Å². The van der Waals surface area contributed by atoms with Gasteiger partial charge < -0.3 is 5.73 Å². The highest BCUT2D eigenvalue weighted by Crippen LogP contribution is 2.27. The average molecular weight is 338 g/mol. The van der Waals surface area contributed by atoms with Crippen LogP contribution in [0.15, 0.2) is 33.6 Å². The maximum Gasteiger partial charge on any atom is 0.141 e. The van der Waals surface area contributed by atoms with Crippen LogP contribution in [0.4, 0.5) is 5.82 Å². The zero-order chi connectivity index (χ0) is 13.8. The smallest absolute Gasteiger partial charge is 0.141 e. The van der Waals surface area contributed by atoms with Crippen molar-refractivity contribution in [1.82, 2.24) is 9.97 Å². The van der Waals surface area contributed by atoms with E-state index >= 15 is 0 Å². The van der Waals surface area contributed by atoms with Gasteiger partial charge in [-0.05, 0) is 40.9 Å². The minimum absolute atomic E-state index is 0.521. The van der Waals surface area contributed by atoms with Gasteiger partial charge in [0.05, 0.1) is 15.9 Å². The summed E-state index contributed by atoms with van der Waals surface area (Å²) in [5.74, 6) is 2.04.